The summed E-state index contributed by atoms with van der Waals surface area (Å²) < 4.78 is 32.5. The number of ether oxygens (including phenoxy) is 1. The van der Waals surface area contributed by atoms with Crippen molar-refractivity contribution in [1.29, 1.82) is 0 Å². The number of carbonyl (C=O) groups excluding carboxylic acids is 2. The number of rotatable bonds is 11. The van der Waals surface area contributed by atoms with Crippen molar-refractivity contribution in [3.8, 4) is 5.75 Å². The number of amides is 2. The molecular formula is C26H34BrN3O5S. The van der Waals surface area contributed by atoms with Gasteiger partial charge in [0.1, 0.15) is 18.3 Å². The van der Waals surface area contributed by atoms with E-state index in [1.165, 1.54) is 4.90 Å². The first-order valence-electron chi connectivity index (χ1n) is 12.1. The fraction of sp³-hybridized carbons (Fsp3) is 0.462. The maximum Gasteiger partial charge on any atom is 0.244 e. The van der Waals surface area contributed by atoms with E-state index in [1.807, 2.05) is 25.1 Å². The van der Waals surface area contributed by atoms with Gasteiger partial charge in [-0.05, 0) is 55.2 Å². The number of nitrogens with zero attached hydrogens (tertiary/aromatic N) is 2. The van der Waals surface area contributed by atoms with Gasteiger partial charge in [-0.3, -0.25) is 13.9 Å². The Morgan fingerprint density at radius 1 is 1.14 bits per heavy atom. The first-order valence-corrected chi connectivity index (χ1v) is 14.7. The Hall–Kier alpha value is -2.59. The SMILES string of the molecule is CCC(C(=O)NC1CCCC1)N(Cc1cccc(OC)c1)C(=O)CN(c1cccc(Br)c1)S(C)(=O)=O. The third-order valence-electron chi connectivity index (χ3n) is 6.35. The molecule has 1 atom stereocenters. The van der Waals surface area contributed by atoms with Crippen LogP contribution in [0.2, 0.25) is 0 Å². The van der Waals surface area contributed by atoms with Crippen molar-refractivity contribution >= 4 is 43.5 Å². The van der Waals surface area contributed by atoms with E-state index in [-0.39, 0.29) is 18.5 Å². The predicted octanol–water partition coefficient (Wildman–Crippen LogP) is 4.09. The van der Waals surface area contributed by atoms with Crippen LogP contribution in [-0.4, -0.2) is 57.1 Å². The summed E-state index contributed by atoms with van der Waals surface area (Å²) in [6, 6.07) is 13.4. The van der Waals surface area contributed by atoms with E-state index in [9.17, 15) is 18.0 Å². The maximum atomic E-state index is 13.8. The van der Waals surface area contributed by atoms with Gasteiger partial charge in [-0.2, -0.15) is 0 Å². The van der Waals surface area contributed by atoms with E-state index in [2.05, 4.69) is 21.2 Å². The van der Waals surface area contributed by atoms with Crippen molar-refractivity contribution < 1.29 is 22.7 Å². The number of anilines is 1. The number of sulfonamides is 1. The Kier molecular flexibility index (Phi) is 9.78. The molecule has 0 bridgehead atoms. The molecule has 0 saturated heterocycles. The molecule has 1 fully saturated rings. The van der Waals surface area contributed by atoms with Gasteiger partial charge in [0, 0.05) is 17.1 Å². The van der Waals surface area contributed by atoms with Gasteiger partial charge in [-0.1, -0.05) is 53.9 Å². The van der Waals surface area contributed by atoms with Gasteiger partial charge < -0.3 is 15.0 Å². The average Bonchev–Trinajstić information content (AvgIpc) is 3.34. The van der Waals surface area contributed by atoms with E-state index in [0.29, 0.717) is 22.3 Å². The monoisotopic (exact) mass is 579 g/mol. The topological polar surface area (TPSA) is 96.0 Å². The zero-order valence-corrected chi connectivity index (χ0v) is 23.3. The third-order valence-corrected chi connectivity index (χ3v) is 7.98. The van der Waals surface area contributed by atoms with Crippen LogP contribution >= 0.6 is 15.9 Å². The number of hydrogen-bond acceptors (Lipinski definition) is 5. The standard InChI is InChI=1S/C26H34BrN3O5S/c1-4-24(26(32)28-21-11-5-6-12-21)29(17-19-9-7-14-23(15-19)35-2)25(31)18-30(36(3,33)34)22-13-8-10-20(27)16-22/h7-10,13-16,21,24H,4-6,11-12,17-18H2,1-3H3,(H,28,32). The van der Waals surface area contributed by atoms with Gasteiger partial charge in [0.2, 0.25) is 21.8 Å². The number of benzene rings is 2. The number of halogens is 1. The van der Waals surface area contributed by atoms with Crippen LogP contribution in [0.25, 0.3) is 0 Å². The molecule has 8 nitrogen and oxygen atoms in total. The van der Waals surface area contributed by atoms with E-state index in [0.717, 1.165) is 41.8 Å². The minimum atomic E-state index is -3.77. The molecule has 0 aromatic heterocycles. The van der Waals surface area contributed by atoms with Gasteiger partial charge in [-0.15, -0.1) is 0 Å². The van der Waals surface area contributed by atoms with Gasteiger partial charge in [0.15, 0.2) is 0 Å². The highest BCUT2D eigenvalue weighted by Gasteiger charge is 2.33. The van der Waals surface area contributed by atoms with E-state index < -0.39 is 28.5 Å². The molecule has 2 amide bonds. The van der Waals surface area contributed by atoms with Crippen LogP contribution in [-0.2, 0) is 26.2 Å². The largest absolute Gasteiger partial charge is 0.497 e. The van der Waals surface area contributed by atoms with Crippen LogP contribution in [0.4, 0.5) is 5.69 Å². The van der Waals surface area contributed by atoms with Crippen molar-refractivity contribution in [3.63, 3.8) is 0 Å². The zero-order chi connectivity index (χ0) is 26.3. The van der Waals surface area contributed by atoms with Crippen molar-refractivity contribution in [3.05, 3.63) is 58.6 Å². The van der Waals surface area contributed by atoms with Gasteiger partial charge in [0.05, 0.1) is 19.1 Å². The molecule has 196 valence electrons. The van der Waals surface area contributed by atoms with Crippen LogP contribution in [0.15, 0.2) is 53.0 Å². The molecule has 0 radical (unpaired) electrons. The second kappa shape index (κ2) is 12.6. The highest BCUT2D eigenvalue weighted by molar-refractivity contribution is 9.10. The summed E-state index contributed by atoms with van der Waals surface area (Å²) in [5.41, 5.74) is 1.15. The first kappa shape index (κ1) is 28.0. The Balaban J connectivity index is 1.93. The van der Waals surface area contributed by atoms with E-state index >= 15 is 0 Å². The lowest BCUT2D eigenvalue weighted by Gasteiger charge is -2.33. The van der Waals surface area contributed by atoms with Crippen LogP contribution in [0.1, 0.15) is 44.6 Å². The Morgan fingerprint density at radius 2 is 1.83 bits per heavy atom. The molecule has 36 heavy (non-hydrogen) atoms. The average molecular weight is 581 g/mol. The highest BCUT2D eigenvalue weighted by Crippen LogP contribution is 2.24. The Morgan fingerprint density at radius 3 is 2.44 bits per heavy atom. The lowest BCUT2D eigenvalue weighted by molar-refractivity contribution is -0.140. The molecule has 0 spiro atoms. The van der Waals surface area contributed by atoms with Crippen LogP contribution in [0, 0.1) is 0 Å². The summed E-state index contributed by atoms with van der Waals surface area (Å²) in [4.78, 5) is 28.6. The molecule has 1 aliphatic rings. The quantitative estimate of drug-likeness (QED) is 0.432. The number of nitrogens with one attached hydrogen (secondary N) is 1. The van der Waals surface area contributed by atoms with Gasteiger partial charge in [0.25, 0.3) is 0 Å². The summed E-state index contributed by atoms with van der Waals surface area (Å²) in [5.74, 6) is -0.0408. The molecule has 1 N–H and O–H groups in total. The minimum absolute atomic E-state index is 0.106. The summed E-state index contributed by atoms with van der Waals surface area (Å²) in [7, 11) is -2.21. The zero-order valence-electron chi connectivity index (χ0n) is 20.9. The van der Waals surface area contributed by atoms with Crippen LogP contribution in [0.5, 0.6) is 5.75 Å². The fourth-order valence-corrected chi connectivity index (χ4v) is 5.73. The second-order valence-corrected chi connectivity index (χ2v) is 11.9. The molecule has 0 heterocycles. The van der Waals surface area contributed by atoms with Crippen molar-refractivity contribution in [2.24, 2.45) is 0 Å². The summed E-state index contributed by atoms with van der Waals surface area (Å²) in [6.07, 6.45) is 5.46. The van der Waals surface area contributed by atoms with Crippen molar-refractivity contribution in [2.45, 2.75) is 57.7 Å². The Bertz CT molecular complexity index is 1170. The maximum absolute atomic E-state index is 13.8. The fourth-order valence-electron chi connectivity index (χ4n) is 4.50. The normalized spacial score (nSPS) is 14.8. The summed E-state index contributed by atoms with van der Waals surface area (Å²) in [5, 5.41) is 3.10. The van der Waals surface area contributed by atoms with Crippen molar-refractivity contribution in [1.82, 2.24) is 10.2 Å². The van der Waals surface area contributed by atoms with E-state index in [4.69, 9.17) is 4.74 Å². The van der Waals surface area contributed by atoms with Crippen LogP contribution in [0.3, 0.4) is 0 Å². The molecule has 1 saturated carbocycles. The molecular weight excluding hydrogens is 546 g/mol. The molecule has 3 rings (SSSR count). The van der Waals surface area contributed by atoms with Crippen LogP contribution < -0.4 is 14.4 Å². The lowest BCUT2D eigenvalue weighted by atomic mass is 10.1. The number of carbonyl (C=O) groups is 2. The lowest BCUT2D eigenvalue weighted by Crippen LogP contribution is -2.53. The predicted molar refractivity (Wildman–Crippen MR) is 144 cm³/mol. The van der Waals surface area contributed by atoms with Gasteiger partial charge in [-0.25, -0.2) is 8.42 Å². The molecule has 2 aromatic rings. The molecule has 2 aromatic carbocycles. The Labute approximate surface area is 222 Å². The summed E-state index contributed by atoms with van der Waals surface area (Å²) >= 11 is 3.36. The molecule has 1 unspecified atom stereocenters. The van der Waals surface area contributed by atoms with Gasteiger partial charge >= 0.3 is 0 Å². The molecule has 1 aliphatic carbocycles. The van der Waals surface area contributed by atoms with Crippen molar-refractivity contribution in [2.75, 3.05) is 24.2 Å². The van der Waals surface area contributed by atoms with E-state index in [1.54, 1.807) is 37.4 Å². The number of hydrogen-bond donors (Lipinski definition) is 1. The third kappa shape index (κ3) is 7.46. The minimum Gasteiger partial charge on any atom is -0.497 e. The second-order valence-electron chi connectivity index (χ2n) is 9.04. The summed E-state index contributed by atoms with van der Waals surface area (Å²) in [6.45, 7) is 1.57. The molecule has 0 aliphatic heterocycles. The first-order chi connectivity index (χ1) is 17.1. The highest BCUT2D eigenvalue weighted by atomic mass is 79.9. The molecule has 10 heteroatoms. The smallest absolute Gasteiger partial charge is 0.244 e. The number of methoxy groups -OCH3 is 1.